The lowest BCUT2D eigenvalue weighted by Gasteiger charge is -2.48. The van der Waals surface area contributed by atoms with Crippen LogP contribution in [-0.4, -0.2) is 56.4 Å². The molecule has 186 valence electrons. The molecule has 0 amide bonds. The highest BCUT2D eigenvalue weighted by atomic mass is 32.1. The molecular formula is C27H35N5O2S. The molecule has 0 bridgehead atoms. The summed E-state index contributed by atoms with van der Waals surface area (Å²) in [5, 5.41) is 15.2. The summed E-state index contributed by atoms with van der Waals surface area (Å²) in [6.07, 6.45) is 5.97. The van der Waals surface area contributed by atoms with Gasteiger partial charge in [0.05, 0.1) is 22.4 Å². The minimum atomic E-state index is -0.706. The summed E-state index contributed by atoms with van der Waals surface area (Å²) in [6, 6.07) is 6.68. The van der Waals surface area contributed by atoms with Gasteiger partial charge in [-0.1, -0.05) is 25.5 Å². The van der Waals surface area contributed by atoms with Crippen molar-refractivity contribution in [3.63, 3.8) is 0 Å². The number of fused-ring (bicyclic) bond motifs is 1. The first-order valence-electron chi connectivity index (χ1n) is 12.7. The van der Waals surface area contributed by atoms with Crippen LogP contribution in [0.2, 0.25) is 0 Å². The van der Waals surface area contributed by atoms with Crippen LogP contribution in [0.15, 0.2) is 29.9 Å². The number of carbonyl (C=O) groups is 1. The van der Waals surface area contributed by atoms with Crippen LogP contribution in [0, 0.1) is 12.8 Å². The van der Waals surface area contributed by atoms with Crippen LogP contribution in [0.5, 0.6) is 0 Å². The maximum Gasteiger partial charge on any atom is 0.152 e. The minimum Gasteiger partial charge on any atom is -0.384 e. The van der Waals surface area contributed by atoms with Crippen molar-refractivity contribution >= 4 is 33.8 Å². The van der Waals surface area contributed by atoms with Crippen LogP contribution in [0.1, 0.15) is 68.1 Å². The third-order valence-electron chi connectivity index (χ3n) is 7.53. The first kappa shape index (κ1) is 24.3. The van der Waals surface area contributed by atoms with Crippen molar-refractivity contribution in [1.82, 2.24) is 19.9 Å². The van der Waals surface area contributed by atoms with Crippen LogP contribution in [0.25, 0.3) is 10.9 Å². The van der Waals surface area contributed by atoms with Crippen molar-refractivity contribution in [3.8, 4) is 0 Å². The minimum absolute atomic E-state index is 0.218. The Balaban J connectivity index is 1.11. The van der Waals surface area contributed by atoms with Gasteiger partial charge in [0.25, 0.3) is 0 Å². The fraction of sp³-hybridized carbons (Fsp3) is 0.556. The van der Waals surface area contributed by atoms with E-state index in [1.165, 1.54) is 0 Å². The number of aliphatic hydroxyl groups is 1. The number of thiazole rings is 1. The number of ketones is 1. The van der Waals surface area contributed by atoms with E-state index in [9.17, 15) is 9.90 Å². The van der Waals surface area contributed by atoms with Crippen molar-refractivity contribution in [2.45, 2.75) is 70.4 Å². The second-order valence-electron chi connectivity index (χ2n) is 10.7. The molecule has 1 saturated heterocycles. The summed E-state index contributed by atoms with van der Waals surface area (Å²) in [4.78, 5) is 29.8. The van der Waals surface area contributed by atoms with Crippen molar-refractivity contribution in [3.05, 3.63) is 46.2 Å². The number of aryl methyl sites for hydroxylation is 1. The topological polar surface area (TPSA) is 91.2 Å². The van der Waals surface area contributed by atoms with Crippen molar-refractivity contribution in [2.75, 3.05) is 25.0 Å². The van der Waals surface area contributed by atoms with Gasteiger partial charge in [-0.3, -0.25) is 14.7 Å². The fourth-order valence-corrected chi connectivity index (χ4v) is 6.18. The molecule has 2 fully saturated rings. The van der Waals surface area contributed by atoms with Gasteiger partial charge in [-0.25, -0.2) is 9.97 Å². The third kappa shape index (κ3) is 5.25. The molecule has 0 radical (unpaired) electrons. The van der Waals surface area contributed by atoms with E-state index < -0.39 is 5.60 Å². The number of Topliss-reactive ketones (excluding diaryl/α,β-unsaturated/α-hetero) is 1. The van der Waals surface area contributed by atoms with Gasteiger partial charge in [-0.15, -0.1) is 11.3 Å². The number of rotatable bonds is 8. The molecule has 0 spiro atoms. The summed E-state index contributed by atoms with van der Waals surface area (Å²) in [7, 11) is 0. The zero-order valence-electron chi connectivity index (χ0n) is 20.8. The molecule has 7 nitrogen and oxygen atoms in total. The highest BCUT2D eigenvalue weighted by molar-refractivity contribution is 7.09. The Kier molecular flexibility index (Phi) is 6.88. The molecule has 5 rings (SSSR count). The molecular weight excluding hydrogens is 458 g/mol. The number of aromatic nitrogens is 3. The number of likely N-dealkylation sites (tertiary alicyclic amines) is 1. The SMILES string of the molecule is Cc1ccc2nc(C(C)C)nc(NCC(=O)CC3CN(C4CCC(O)(c5cncs5)CC4)C3)c2c1. The average molecular weight is 494 g/mol. The second kappa shape index (κ2) is 9.91. The average Bonchev–Trinajstić information content (AvgIpc) is 3.36. The maximum absolute atomic E-state index is 12.8. The highest BCUT2D eigenvalue weighted by Gasteiger charge is 2.41. The fourth-order valence-electron chi connectivity index (χ4n) is 5.40. The summed E-state index contributed by atoms with van der Waals surface area (Å²) in [5.74, 6) is 2.41. The highest BCUT2D eigenvalue weighted by Crippen LogP contribution is 2.41. The van der Waals surface area contributed by atoms with Crippen LogP contribution >= 0.6 is 11.3 Å². The first-order chi connectivity index (χ1) is 16.8. The van der Waals surface area contributed by atoms with Gasteiger partial charge in [-0.05, 0) is 50.7 Å². The molecule has 1 aliphatic carbocycles. The Morgan fingerprint density at radius 2 is 2.03 bits per heavy atom. The molecule has 0 atom stereocenters. The smallest absolute Gasteiger partial charge is 0.152 e. The Morgan fingerprint density at radius 3 is 2.71 bits per heavy atom. The predicted octanol–water partition coefficient (Wildman–Crippen LogP) is 4.65. The van der Waals surface area contributed by atoms with E-state index in [0.29, 0.717) is 24.9 Å². The van der Waals surface area contributed by atoms with Gasteiger partial charge < -0.3 is 10.4 Å². The number of anilines is 1. The van der Waals surface area contributed by atoms with E-state index in [-0.39, 0.29) is 11.7 Å². The Labute approximate surface area is 211 Å². The van der Waals surface area contributed by atoms with Gasteiger partial charge >= 0.3 is 0 Å². The number of hydrogen-bond donors (Lipinski definition) is 2. The zero-order valence-corrected chi connectivity index (χ0v) is 21.6. The lowest BCUT2D eigenvalue weighted by Crippen LogP contribution is -2.54. The maximum atomic E-state index is 12.8. The van der Waals surface area contributed by atoms with E-state index >= 15 is 0 Å². The zero-order chi connectivity index (χ0) is 24.6. The summed E-state index contributed by atoms with van der Waals surface area (Å²) < 4.78 is 0. The van der Waals surface area contributed by atoms with E-state index in [1.54, 1.807) is 23.0 Å². The Morgan fingerprint density at radius 1 is 1.26 bits per heavy atom. The van der Waals surface area contributed by atoms with Gasteiger partial charge in [0.15, 0.2) is 5.78 Å². The number of nitrogens with one attached hydrogen (secondary N) is 1. The summed E-state index contributed by atoms with van der Waals surface area (Å²) in [6.45, 7) is 8.46. The Hall–Kier alpha value is -2.42. The van der Waals surface area contributed by atoms with Crippen molar-refractivity contribution < 1.29 is 9.90 Å². The lowest BCUT2D eigenvalue weighted by atomic mass is 9.79. The summed E-state index contributed by atoms with van der Waals surface area (Å²) in [5.41, 5.74) is 3.15. The van der Waals surface area contributed by atoms with E-state index in [0.717, 1.165) is 71.8 Å². The second-order valence-corrected chi connectivity index (χ2v) is 11.5. The molecule has 1 saturated carbocycles. The normalized spacial score (nSPS) is 23.5. The van der Waals surface area contributed by atoms with Gasteiger partial charge in [0, 0.05) is 43.1 Å². The third-order valence-corrected chi connectivity index (χ3v) is 8.50. The van der Waals surface area contributed by atoms with Crippen molar-refractivity contribution in [1.29, 1.82) is 0 Å². The molecule has 2 N–H and O–H groups in total. The molecule has 3 aromatic rings. The van der Waals surface area contributed by atoms with Gasteiger partial charge in [-0.2, -0.15) is 0 Å². The summed E-state index contributed by atoms with van der Waals surface area (Å²) >= 11 is 1.54. The Bertz CT molecular complexity index is 1180. The molecule has 3 heterocycles. The number of nitrogens with zero attached hydrogens (tertiary/aromatic N) is 4. The first-order valence-corrected chi connectivity index (χ1v) is 13.6. The molecule has 2 aromatic heterocycles. The van der Waals surface area contributed by atoms with E-state index in [1.807, 2.05) is 6.07 Å². The van der Waals surface area contributed by atoms with Gasteiger partial charge in [0.1, 0.15) is 17.2 Å². The van der Waals surface area contributed by atoms with Gasteiger partial charge in [0.2, 0.25) is 0 Å². The van der Waals surface area contributed by atoms with Crippen LogP contribution in [0.4, 0.5) is 5.82 Å². The standard InChI is InChI=1S/C27H35N5O2S/c1-17(2)25-30-23-5-4-18(3)10-22(23)26(31-25)29-12-21(33)11-19-14-32(15-19)20-6-8-27(34,9-7-20)24-13-28-16-35-24/h4-5,10,13,16-17,19-20,34H,6-9,11-12,14-15H2,1-3H3,(H,29,30,31). The largest absolute Gasteiger partial charge is 0.384 e. The quantitative estimate of drug-likeness (QED) is 0.472. The number of hydrogen-bond acceptors (Lipinski definition) is 8. The van der Waals surface area contributed by atoms with Crippen LogP contribution in [-0.2, 0) is 10.4 Å². The van der Waals surface area contributed by atoms with Crippen LogP contribution < -0.4 is 5.32 Å². The number of benzene rings is 1. The molecule has 0 unspecified atom stereocenters. The molecule has 1 aliphatic heterocycles. The van der Waals surface area contributed by atoms with Crippen molar-refractivity contribution in [2.24, 2.45) is 5.92 Å². The predicted molar refractivity (Wildman–Crippen MR) is 140 cm³/mol. The lowest BCUT2D eigenvalue weighted by molar-refractivity contribution is -0.120. The molecule has 2 aliphatic rings. The number of carbonyl (C=O) groups excluding carboxylic acids is 1. The van der Waals surface area contributed by atoms with E-state index in [2.05, 4.69) is 48.1 Å². The van der Waals surface area contributed by atoms with E-state index in [4.69, 9.17) is 9.97 Å². The molecule has 1 aromatic carbocycles. The monoisotopic (exact) mass is 493 g/mol. The van der Waals surface area contributed by atoms with Crippen LogP contribution in [0.3, 0.4) is 0 Å². The molecule has 8 heteroatoms. The molecule has 35 heavy (non-hydrogen) atoms.